The van der Waals surface area contributed by atoms with E-state index in [1.165, 1.54) is 22.0 Å². The molecule has 0 atom stereocenters. The second-order valence-electron chi connectivity index (χ2n) is 8.30. The summed E-state index contributed by atoms with van der Waals surface area (Å²) in [4.78, 5) is 26.0. The van der Waals surface area contributed by atoms with Crippen LogP contribution in [0.4, 0.5) is 17.1 Å². The number of nitrogens with one attached hydrogen (secondary N) is 1. The first-order chi connectivity index (χ1) is 16.1. The molecule has 1 fully saturated rings. The molecule has 0 aliphatic carbocycles. The first-order valence-electron chi connectivity index (χ1n) is 11.5. The molecule has 0 radical (unpaired) electrons. The van der Waals surface area contributed by atoms with Gasteiger partial charge in [0.25, 0.3) is 0 Å². The summed E-state index contributed by atoms with van der Waals surface area (Å²) in [5.41, 5.74) is 1.56. The Labute approximate surface area is 199 Å². The molecule has 1 aliphatic heterocycles. The Balaban J connectivity index is 1.95. The fourth-order valence-electron chi connectivity index (χ4n) is 4.33. The van der Waals surface area contributed by atoms with Gasteiger partial charge < -0.3 is 10.2 Å². The Hall–Kier alpha value is -2.99. The molecule has 3 rings (SSSR count). The van der Waals surface area contributed by atoms with Crippen molar-refractivity contribution in [1.29, 1.82) is 0 Å². The minimum absolute atomic E-state index is 0.106. The number of sulfonamides is 1. The average molecular weight is 493 g/mol. The predicted octanol–water partition coefficient (Wildman–Crippen LogP) is 3.07. The lowest BCUT2D eigenvalue weighted by atomic mass is 10.1. The van der Waals surface area contributed by atoms with E-state index in [0.717, 1.165) is 38.0 Å². The SMILES string of the molecule is CCN(CC)S(=O)(=O)c1ccc(N2CCCCC2)c(NC(=O)Cn2nc(C)c([N+](=O)[O-])c2C)c1. The first kappa shape index (κ1) is 25.6. The van der Waals surface area contributed by atoms with Crippen molar-refractivity contribution in [1.82, 2.24) is 14.1 Å². The topological polar surface area (TPSA) is 131 Å². The molecule has 0 bridgehead atoms. The number of nitrogens with zero attached hydrogens (tertiary/aromatic N) is 5. The number of hydrogen-bond acceptors (Lipinski definition) is 7. The largest absolute Gasteiger partial charge is 0.370 e. The highest BCUT2D eigenvalue weighted by atomic mass is 32.2. The number of amides is 1. The van der Waals surface area contributed by atoms with Crippen LogP contribution < -0.4 is 10.2 Å². The van der Waals surface area contributed by atoms with Gasteiger partial charge in [-0.15, -0.1) is 0 Å². The van der Waals surface area contributed by atoms with Gasteiger partial charge in [-0.1, -0.05) is 13.8 Å². The summed E-state index contributed by atoms with van der Waals surface area (Å²) < 4.78 is 28.8. The van der Waals surface area contributed by atoms with E-state index in [0.29, 0.717) is 18.8 Å². The predicted molar refractivity (Wildman–Crippen MR) is 130 cm³/mol. The molecule has 1 aromatic heterocycles. The molecule has 0 saturated carbocycles. The molecule has 1 N–H and O–H groups in total. The Bertz CT molecular complexity index is 1170. The van der Waals surface area contributed by atoms with Crippen LogP contribution in [0.2, 0.25) is 0 Å². The molecule has 12 heteroatoms. The zero-order chi connectivity index (χ0) is 25.0. The smallest absolute Gasteiger partial charge is 0.312 e. The van der Waals surface area contributed by atoms with Gasteiger partial charge in [-0.2, -0.15) is 9.40 Å². The van der Waals surface area contributed by atoms with Crippen LogP contribution in [0.15, 0.2) is 23.1 Å². The Morgan fingerprint density at radius 1 is 1.18 bits per heavy atom. The third kappa shape index (κ3) is 5.22. The molecule has 1 saturated heterocycles. The Kier molecular flexibility index (Phi) is 7.93. The highest BCUT2D eigenvalue weighted by molar-refractivity contribution is 7.89. The van der Waals surface area contributed by atoms with Gasteiger partial charge >= 0.3 is 5.69 Å². The second kappa shape index (κ2) is 10.5. The molecule has 1 amide bonds. The lowest BCUT2D eigenvalue weighted by molar-refractivity contribution is -0.386. The van der Waals surface area contributed by atoms with E-state index in [1.807, 2.05) is 0 Å². The number of nitro groups is 1. The van der Waals surface area contributed by atoms with Gasteiger partial charge in [-0.05, 0) is 51.3 Å². The van der Waals surface area contributed by atoms with Crippen LogP contribution in [0.3, 0.4) is 0 Å². The first-order valence-corrected chi connectivity index (χ1v) is 12.9. The summed E-state index contributed by atoms with van der Waals surface area (Å²) in [5, 5.41) is 18.2. The van der Waals surface area contributed by atoms with Gasteiger partial charge in [-0.3, -0.25) is 19.6 Å². The number of aryl methyl sites for hydroxylation is 1. The van der Waals surface area contributed by atoms with E-state index in [4.69, 9.17) is 0 Å². The number of rotatable bonds is 9. The molecule has 1 aromatic carbocycles. The summed E-state index contributed by atoms with van der Waals surface area (Å²) in [6, 6.07) is 4.82. The maximum atomic E-state index is 13.1. The highest BCUT2D eigenvalue weighted by Gasteiger charge is 2.26. The van der Waals surface area contributed by atoms with Crippen molar-refractivity contribution in [3.63, 3.8) is 0 Å². The molecule has 11 nitrogen and oxygen atoms in total. The van der Waals surface area contributed by atoms with Crippen molar-refractivity contribution in [2.24, 2.45) is 0 Å². The minimum atomic E-state index is -3.71. The standard InChI is InChI=1S/C22H32N6O5S/c1-5-26(6-2)34(32,33)18-10-11-20(25-12-8-7-9-13-25)19(14-18)23-21(29)15-27-17(4)22(28(30)31)16(3)24-27/h10-11,14H,5-9,12-13,15H2,1-4H3,(H,23,29). The molecule has 2 heterocycles. The molecule has 34 heavy (non-hydrogen) atoms. The van der Waals surface area contributed by atoms with Crippen molar-refractivity contribution in [2.45, 2.75) is 58.4 Å². The van der Waals surface area contributed by atoms with Crippen LogP contribution in [0.5, 0.6) is 0 Å². The summed E-state index contributed by atoms with van der Waals surface area (Å²) in [6.07, 6.45) is 3.16. The van der Waals surface area contributed by atoms with Gasteiger partial charge in [0.05, 0.1) is 21.2 Å². The molecular formula is C22H32N6O5S. The molecule has 0 spiro atoms. The summed E-state index contributed by atoms with van der Waals surface area (Å²) >= 11 is 0. The second-order valence-corrected chi connectivity index (χ2v) is 10.2. The summed E-state index contributed by atoms with van der Waals surface area (Å²) in [6.45, 7) is 8.70. The normalized spacial score (nSPS) is 14.4. The highest BCUT2D eigenvalue weighted by Crippen LogP contribution is 2.32. The fourth-order valence-corrected chi connectivity index (χ4v) is 5.82. The van der Waals surface area contributed by atoms with Crippen molar-refractivity contribution in [2.75, 3.05) is 36.4 Å². The summed E-state index contributed by atoms with van der Waals surface area (Å²) in [7, 11) is -3.71. The summed E-state index contributed by atoms with van der Waals surface area (Å²) in [5.74, 6) is -0.448. The number of hydrogen-bond donors (Lipinski definition) is 1. The number of piperidine rings is 1. The van der Waals surface area contributed by atoms with Gasteiger partial charge in [-0.25, -0.2) is 8.42 Å². The average Bonchev–Trinajstić information content (AvgIpc) is 3.07. The van der Waals surface area contributed by atoms with Crippen molar-refractivity contribution in [3.8, 4) is 0 Å². The molecule has 186 valence electrons. The van der Waals surface area contributed by atoms with E-state index in [-0.39, 0.29) is 28.5 Å². The van der Waals surface area contributed by atoms with E-state index >= 15 is 0 Å². The minimum Gasteiger partial charge on any atom is -0.370 e. The number of benzene rings is 1. The van der Waals surface area contributed by atoms with Gasteiger partial charge in [0, 0.05) is 26.2 Å². The van der Waals surface area contributed by atoms with Crippen LogP contribution in [0, 0.1) is 24.0 Å². The lowest BCUT2D eigenvalue weighted by Crippen LogP contribution is -2.32. The van der Waals surface area contributed by atoms with Crippen LogP contribution in [0.25, 0.3) is 0 Å². The zero-order valence-electron chi connectivity index (χ0n) is 20.1. The van der Waals surface area contributed by atoms with E-state index in [2.05, 4.69) is 15.3 Å². The Morgan fingerprint density at radius 3 is 2.38 bits per heavy atom. The van der Waals surface area contributed by atoms with E-state index in [9.17, 15) is 23.3 Å². The van der Waals surface area contributed by atoms with Crippen LogP contribution in [-0.2, 0) is 21.4 Å². The van der Waals surface area contributed by atoms with E-state index < -0.39 is 20.9 Å². The molecular weight excluding hydrogens is 460 g/mol. The maximum absolute atomic E-state index is 13.1. The monoisotopic (exact) mass is 492 g/mol. The number of carbonyl (C=O) groups is 1. The van der Waals surface area contributed by atoms with Crippen LogP contribution in [0.1, 0.15) is 44.5 Å². The van der Waals surface area contributed by atoms with Gasteiger partial charge in [0.15, 0.2) is 0 Å². The lowest BCUT2D eigenvalue weighted by Gasteiger charge is -2.31. The third-order valence-corrected chi connectivity index (χ3v) is 8.15. The van der Waals surface area contributed by atoms with Crippen LogP contribution in [-0.4, -0.2) is 59.5 Å². The fraction of sp³-hybridized carbons (Fsp3) is 0.545. The van der Waals surface area contributed by atoms with Gasteiger partial charge in [0.1, 0.15) is 17.9 Å². The maximum Gasteiger partial charge on any atom is 0.312 e. The zero-order valence-corrected chi connectivity index (χ0v) is 20.9. The number of carbonyl (C=O) groups excluding carboxylic acids is 1. The van der Waals surface area contributed by atoms with Gasteiger partial charge in [0.2, 0.25) is 15.9 Å². The van der Waals surface area contributed by atoms with Crippen molar-refractivity contribution in [3.05, 3.63) is 39.7 Å². The Morgan fingerprint density at radius 2 is 1.82 bits per heavy atom. The van der Waals surface area contributed by atoms with E-state index in [1.54, 1.807) is 32.9 Å². The third-order valence-electron chi connectivity index (χ3n) is 6.10. The van der Waals surface area contributed by atoms with Crippen molar-refractivity contribution >= 4 is 33.0 Å². The molecule has 0 unspecified atom stereocenters. The molecule has 2 aromatic rings. The van der Waals surface area contributed by atoms with Crippen LogP contribution >= 0.6 is 0 Å². The number of anilines is 2. The molecule has 1 aliphatic rings. The number of aromatic nitrogens is 2. The van der Waals surface area contributed by atoms with Crippen molar-refractivity contribution < 1.29 is 18.1 Å². The quantitative estimate of drug-likeness (QED) is 0.420.